The van der Waals surface area contributed by atoms with E-state index in [9.17, 15) is 4.79 Å². The number of nitrogens with zero attached hydrogens (tertiary/aromatic N) is 2. The molecule has 1 unspecified atom stereocenters. The highest BCUT2D eigenvalue weighted by Crippen LogP contribution is 2.35. The van der Waals surface area contributed by atoms with Crippen molar-refractivity contribution in [1.29, 1.82) is 0 Å². The number of hydrogen-bond acceptors (Lipinski definition) is 4. The van der Waals surface area contributed by atoms with Gasteiger partial charge in [0.25, 0.3) is 0 Å². The Kier molecular flexibility index (Phi) is 8.11. The average Bonchev–Trinajstić information content (AvgIpc) is 2.76. The van der Waals surface area contributed by atoms with E-state index in [-0.39, 0.29) is 12.4 Å². The minimum atomic E-state index is -0.489. The fourth-order valence-corrected chi connectivity index (χ4v) is 4.85. The van der Waals surface area contributed by atoms with E-state index in [2.05, 4.69) is 22.0 Å². The van der Waals surface area contributed by atoms with Gasteiger partial charge < -0.3 is 10.5 Å². The Labute approximate surface area is 185 Å². The predicted octanol–water partition coefficient (Wildman–Crippen LogP) is 5.19. The van der Waals surface area contributed by atoms with Crippen LogP contribution in [0.2, 0.25) is 0 Å². The molecule has 2 N–H and O–H groups in total. The van der Waals surface area contributed by atoms with Gasteiger partial charge in [-0.2, -0.15) is 0 Å². The average molecular weight is 430 g/mol. The fraction of sp³-hybridized carbons (Fsp3) is 0.500. The van der Waals surface area contributed by atoms with Gasteiger partial charge in [-0.15, -0.1) is 12.4 Å². The monoisotopic (exact) mass is 429 g/mol. The molecular weight excluding hydrogens is 398 g/mol. The quantitative estimate of drug-likeness (QED) is 0.686. The zero-order valence-corrected chi connectivity index (χ0v) is 18.3. The van der Waals surface area contributed by atoms with Gasteiger partial charge in [0.05, 0.1) is 5.56 Å². The summed E-state index contributed by atoms with van der Waals surface area (Å²) in [5, 5.41) is 0. The summed E-state index contributed by atoms with van der Waals surface area (Å²) in [5.41, 5.74) is 6.93. The number of hydrogen-bond donors (Lipinski definition) is 1. The van der Waals surface area contributed by atoms with Gasteiger partial charge in [0.1, 0.15) is 5.75 Å². The molecule has 1 amide bonds. The first-order valence-corrected chi connectivity index (χ1v) is 10.9. The maximum Gasteiger partial charge on any atom is 0.250 e. The van der Waals surface area contributed by atoms with Gasteiger partial charge in [-0.3, -0.25) is 9.69 Å². The molecule has 6 heteroatoms. The van der Waals surface area contributed by atoms with E-state index in [1.165, 1.54) is 69.8 Å². The van der Waals surface area contributed by atoms with Crippen LogP contribution in [0.1, 0.15) is 60.9 Å². The largest absolute Gasteiger partial charge is 0.439 e. The lowest BCUT2D eigenvalue weighted by molar-refractivity contribution is 0.1000. The van der Waals surface area contributed by atoms with Gasteiger partial charge in [0.15, 0.2) is 0 Å². The van der Waals surface area contributed by atoms with Gasteiger partial charge in [0, 0.05) is 25.4 Å². The Hall–Kier alpha value is -2.11. The van der Waals surface area contributed by atoms with Crippen molar-refractivity contribution in [2.24, 2.45) is 17.6 Å². The van der Waals surface area contributed by atoms with Crippen LogP contribution in [0.15, 0.2) is 42.6 Å². The minimum absolute atomic E-state index is 0. The minimum Gasteiger partial charge on any atom is -0.439 e. The smallest absolute Gasteiger partial charge is 0.250 e. The third-order valence-corrected chi connectivity index (χ3v) is 6.43. The van der Waals surface area contributed by atoms with Crippen molar-refractivity contribution in [2.75, 3.05) is 13.1 Å². The SMILES string of the molecule is Cl.NC(=O)c1ccc(Oc2ccc(CN3CCCC(C4CCCCC4)C3)cc2)nc1. The summed E-state index contributed by atoms with van der Waals surface area (Å²) < 4.78 is 5.78. The molecule has 1 saturated carbocycles. The fourth-order valence-electron chi connectivity index (χ4n) is 4.85. The van der Waals surface area contributed by atoms with E-state index in [1.54, 1.807) is 12.1 Å². The molecule has 162 valence electrons. The third kappa shape index (κ3) is 5.96. The van der Waals surface area contributed by atoms with Crippen LogP contribution in [-0.4, -0.2) is 28.9 Å². The number of benzene rings is 1. The van der Waals surface area contributed by atoms with Gasteiger partial charge in [0.2, 0.25) is 11.8 Å². The number of rotatable bonds is 6. The Morgan fingerprint density at radius 1 is 1.00 bits per heavy atom. The highest BCUT2D eigenvalue weighted by molar-refractivity contribution is 5.92. The normalized spacial score (nSPS) is 20.3. The number of ether oxygens (including phenoxy) is 1. The molecule has 5 nitrogen and oxygen atoms in total. The molecule has 1 aliphatic carbocycles. The van der Waals surface area contributed by atoms with Crippen LogP contribution in [0.25, 0.3) is 0 Å². The summed E-state index contributed by atoms with van der Waals surface area (Å²) in [7, 11) is 0. The second-order valence-corrected chi connectivity index (χ2v) is 8.53. The van der Waals surface area contributed by atoms with Crippen LogP contribution in [0.3, 0.4) is 0 Å². The molecule has 2 aliphatic rings. The molecule has 0 radical (unpaired) electrons. The topological polar surface area (TPSA) is 68.5 Å². The lowest BCUT2D eigenvalue weighted by Crippen LogP contribution is -2.38. The van der Waals surface area contributed by atoms with Crippen LogP contribution in [-0.2, 0) is 6.54 Å². The number of pyridine rings is 1. The van der Waals surface area contributed by atoms with Crippen molar-refractivity contribution < 1.29 is 9.53 Å². The number of halogens is 1. The number of carbonyl (C=O) groups excluding carboxylic acids is 1. The summed E-state index contributed by atoms with van der Waals surface area (Å²) in [6.45, 7) is 3.46. The van der Waals surface area contributed by atoms with E-state index < -0.39 is 5.91 Å². The van der Waals surface area contributed by atoms with Crippen molar-refractivity contribution >= 4 is 18.3 Å². The van der Waals surface area contributed by atoms with Crippen molar-refractivity contribution in [1.82, 2.24) is 9.88 Å². The number of amides is 1. The molecule has 4 rings (SSSR count). The van der Waals surface area contributed by atoms with Gasteiger partial charge in [-0.1, -0.05) is 44.2 Å². The van der Waals surface area contributed by atoms with Crippen LogP contribution in [0.4, 0.5) is 0 Å². The molecule has 0 spiro atoms. The van der Waals surface area contributed by atoms with E-state index >= 15 is 0 Å². The van der Waals surface area contributed by atoms with Crippen molar-refractivity contribution in [3.8, 4) is 11.6 Å². The van der Waals surface area contributed by atoms with Gasteiger partial charge in [-0.25, -0.2) is 4.98 Å². The Morgan fingerprint density at radius 3 is 2.40 bits per heavy atom. The summed E-state index contributed by atoms with van der Waals surface area (Å²) in [6.07, 6.45) is 11.4. The lowest BCUT2D eigenvalue weighted by atomic mass is 9.76. The molecule has 2 aromatic rings. The van der Waals surface area contributed by atoms with Gasteiger partial charge >= 0.3 is 0 Å². The molecule has 2 fully saturated rings. The molecule has 1 atom stereocenters. The van der Waals surface area contributed by atoms with E-state index in [1.807, 2.05) is 12.1 Å². The number of piperidine rings is 1. The highest BCUT2D eigenvalue weighted by Gasteiger charge is 2.28. The van der Waals surface area contributed by atoms with Gasteiger partial charge in [-0.05, 0) is 55.0 Å². The molecule has 1 aliphatic heterocycles. The first-order chi connectivity index (χ1) is 14.2. The zero-order chi connectivity index (χ0) is 20.1. The molecule has 1 aromatic heterocycles. The van der Waals surface area contributed by atoms with E-state index in [4.69, 9.17) is 10.5 Å². The van der Waals surface area contributed by atoms with Crippen LogP contribution < -0.4 is 10.5 Å². The number of primary amides is 1. The number of carbonyl (C=O) groups is 1. The van der Waals surface area contributed by atoms with Crippen molar-refractivity contribution in [2.45, 2.75) is 51.5 Å². The summed E-state index contributed by atoms with van der Waals surface area (Å²) in [6, 6.07) is 11.5. The van der Waals surface area contributed by atoms with Crippen molar-refractivity contribution in [3.63, 3.8) is 0 Å². The standard InChI is InChI=1S/C24H31N3O2.ClH/c25-24(28)20-10-13-23(26-15-20)29-22-11-8-18(9-12-22)16-27-14-4-7-21(17-27)19-5-2-1-3-6-19;/h8-13,15,19,21H,1-7,14,16-17H2,(H2,25,28);1H. The first kappa shape index (κ1) is 22.6. The summed E-state index contributed by atoms with van der Waals surface area (Å²) in [5.74, 6) is 2.55. The van der Waals surface area contributed by atoms with Crippen LogP contribution >= 0.6 is 12.4 Å². The Bertz CT molecular complexity index is 804. The highest BCUT2D eigenvalue weighted by atomic mass is 35.5. The molecule has 1 aromatic carbocycles. The Balaban J connectivity index is 0.00000256. The molecule has 0 bridgehead atoms. The molecule has 30 heavy (non-hydrogen) atoms. The summed E-state index contributed by atoms with van der Waals surface area (Å²) in [4.78, 5) is 17.9. The second-order valence-electron chi connectivity index (χ2n) is 8.53. The maximum absolute atomic E-state index is 11.1. The third-order valence-electron chi connectivity index (χ3n) is 6.43. The summed E-state index contributed by atoms with van der Waals surface area (Å²) >= 11 is 0. The number of aromatic nitrogens is 1. The first-order valence-electron chi connectivity index (χ1n) is 10.9. The molecular formula is C24H32ClN3O2. The van der Waals surface area contributed by atoms with Crippen LogP contribution in [0, 0.1) is 11.8 Å². The van der Waals surface area contributed by atoms with Crippen molar-refractivity contribution in [3.05, 3.63) is 53.7 Å². The maximum atomic E-state index is 11.1. The zero-order valence-electron chi connectivity index (χ0n) is 17.5. The predicted molar refractivity (Wildman–Crippen MR) is 121 cm³/mol. The second kappa shape index (κ2) is 10.8. The lowest BCUT2D eigenvalue weighted by Gasteiger charge is -2.38. The molecule has 1 saturated heterocycles. The van der Waals surface area contributed by atoms with Crippen LogP contribution in [0.5, 0.6) is 11.6 Å². The molecule has 2 heterocycles. The number of nitrogens with two attached hydrogens (primary N) is 1. The van der Waals surface area contributed by atoms with E-state index in [0.29, 0.717) is 11.4 Å². The number of likely N-dealkylation sites (tertiary alicyclic amines) is 1. The van der Waals surface area contributed by atoms with E-state index in [0.717, 1.165) is 24.1 Å². The Morgan fingerprint density at radius 2 is 1.73 bits per heavy atom.